The molecule has 0 aromatic carbocycles. The molecule has 0 fully saturated rings. The summed E-state index contributed by atoms with van der Waals surface area (Å²) in [6.07, 6.45) is 0.786. The van der Waals surface area contributed by atoms with E-state index in [1.165, 1.54) is 33.7 Å². The van der Waals surface area contributed by atoms with Gasteiger partial charge in [-0.1, -0.05) is 30.0 Å². The molecule has 0 aliphatic carbocycles. The maximum Gasteiger partial charge on any atom is 0.275 e. The Hall–Kier alpha value is -1.94. The van der Waals surface area contributed by atoms with Gasteiger partial charge >= 0.3 is 0 Å². The molecule has 104 valence electrons. The summed E-state index contributed by atoms with van der Waals surface area (Å²) in [6, 6.07) is 1.48. The molecular formula is C10H11N7OS2. The average Bonchev–Trinajstić information content (AvgIpc) is 3.02. The molecule has 0 radical (unpaired) electrons. The number of nitrogens with zero attached hydrogens (tertiary/aromatic N) is 5. The highest BCUT2D eigenvalue weighted by atomic mass is 32.2. The van der Waals surface area contributed by atoms with E-state index in [0.717, 1.165) is 11.4 Å². The number of fused-ring (bicyclic) bond motifs is 1. The molecule has 3 aromatic rings. The van der Waals surface area contributed by atoms with Crippen LogP contribution in [-0.2, 0) is 12.2 Å². The Kier molecular flexibility index (Phi) is 3.40. The molecule has 10 heteroatoms. The van der Waals surface area contributed by atoms with Gasteiger partial charge in [0.1, 0.15) is 5.01 Å². The lowest BCUT2D eigenvalue weighted by Crippen LogP contribution is -2.15. The number of aromatic amines is 1. The Bertz CT molecular complexity index is 805. The largest absolute Gasteiger partial charge is 0.368 e. The van der Waals surface area contributed by atoms with Crippen LogP contribution < -0.4 is 11.3 Å². The SMILES string of the molecule is CCc1nn2c(=O)cc(CSc3n[nH]c(N)n3)nc2s1. The molecule has 3 heterocycles. The lowest BCUT2D eigenvalue weighted by Gasteiger charge is -1.97. The Morgan fingerprint density at radius 3 is 3.05 bits per heavy atom. The van der Waals surface area contributed by atoms with E-state index in [1.807, 2.05) is 6.92 Å². The second kappa shape index (κ2) is 5.21. The Labute approximate surface area is 121 Å². The van der Waals surface area contributed by atoms with Gasteiger partial charge in [-0.3, -0.25) is 4.79 Å². The van der Waals surface area contributed by atoms with Crippen LogP contribution in [0.15, 0.2) is 16.0 Å². The van der Waals surface area contributed by atoms with Gasteiger partial charge in [0, 0.05) is 11.8 Å². The molecule has 3 N–H and O–H groups in total. The summed E-state index contributed by atoms with van der Waals surface area (Å²) in [5, 5.41) is 12.1. The van der Waals surface area contributed by atoms with Crippen molar-refractivity contribution in [3.8, 4) is 0 Å². The zero-order valence-corrected chi connectivity index (χ0v) is 12.2. The quantitative estimate of drug-likeness (QED) is 0.682. The number of H-pyrrole nitrogens is 1. The van der Waals surface area contributed by atoms with Crippen molar-refractivity contribution in [2.45, 2.75) is 24.3 Å². The highest BCUT2D eigenvalue weighted by Crippen LogP contribution is 2.19. The molecule has 0 saturated heterocycles. The van der Waals surface area contributed by atoms with E-state index >= 15 is 0 Å². The number of hydrogen-bond donors (Lipinski definition) is 2. The van der Waals surface area contributed by atoms with Gasteiger partial charge in [0.05, 0.1) is 5.69 Å². The van der Waals surface area contributed by atoms with Crippen LogP contribution in [-0.4, -0.2) is 29.8 Å². The van der Waals surface area contributed by atoms with Gasteiger partial charge in [0.15, 0.2) is 0 Å². The van der Waals surface area contributed by atoms with Crippen molar-refractivity contribution in [1.82, 2.24) is 29.8 Å². The number of aryl methyl sites for hydroxylation is 1. The van der Waals surface area contributed by atoms with Crippen molar-refractivity contribution in [2.24, 2.45) is 0 Å². The number of thioether (sulfide) groups is 1. The minimum atomic E-state index is -0.170. The van der Waals surface area contributed by atoms with Gasteiger partial charge in [-0.15, -0.1) is 5.10 Å². The fourth-order valence-electron chi connectivity index (χ4n) is 1.57. The predicted molar refractivity (Wildman–Crippen MR) is 76.9 cm³/mol. The minimum absolute atomic E-state index is 0.170. The van der Waals surface area contributed by atoms with E-state index < -0.39 is 0 Å². The summed E-state index contributed by atoms with van der Waals surface area (Å²) in [6.45, 7) is 1.99. The van der Waals surface area contributed by atoms with Crippen LogP contribution in [0.5, 0.6) is 0 Å². The fourth-order valence-corrected chi connectivity index (χ4v) is 3.13. The summed E-state index contributed by atoms with van der Waals surface area (Å²) in [5.74, 6) is 0.772. The van der Waals surface area contributed by atoms with E-state index in [1.54, 1.807) is 0 Å². The number of aromatic nitrogens is 6. The highest BCUT2D eigenvalue weighted by Gasteiger charge is 2.09. The molecule has 3 aromatic heterocycles. The second-order valence-electron chi connectivity index (χ2n) is 3.92. The Balaban J connectivity index is 1.86. The molecule has 0 bridgehead atoms. The molecule has 20 heavy (non-hydrogen) atoms. The summed E-state index contributed by atoms with van der Waals surface area (Å²) < 4.78 is 1.34. The van der Waals surface area contributed by atoms with Crippen LogP contribution in [0.1, 0.15) is 17.6 Å². The molecule has 3 rings (SSSR count). The molecule has 0 atom stereocenters. The van der Waals surface area contributed by atoms with Crippen LogP contribution in [0.3, 0.4) is 0 Å². The van der Waals surface area contributed by atoms with Crippen molar-refractivity contribution >= 4 is 34.0 Å². The molecule has 0 aliphatic heterocycles. The van der Waals surface area contributed by atoms with E-state index in [2.05, 4.69) is 25.3 Å². The van der Waals surface area contributed by atoms with E-state index in [9.17, 15) is 4.79 Å². The van der Waals surface area contributed by atoms with Gasteiger partial charge in [-0.2, -0.15) is 14.6 Å². The van der Waals surface area contributed by atoms with Crippen LogP contribution >= 0.6 is 23.1 Å². The first-order valence-electron chi connectivity index (χ1n) is 5.85. The van der Waals surface area contributed by atoms with E-state index in [4.69, 9.17) is 5.73 Å². The normalized spacial score (nSPS) is 11.2. The average molecular weight is 309 g/mol. The topological polar surface area (TPSA) is 115 Å². The third-order valence-electron chi connectivity index (χ3n) is 2.47. The van der Waals surface area contributed by atoms with E-state index in [0.29, 0.717) is 21.6 Å². The van der Waals surface area contributed by atoms with Crippen LogP contribution in [0.4, 0.5) is 5.95 Å². The van der Waals surface area contributed by atoms with Gasteiger partial charge < -0.3 is 5.73 Å². The molecule has 8 nitrogen and oxygen atoms in total. The van der Waals surface area contributed by atoms with Gasteiger partial charge in [0.25, 0.3) is 5.56 Å². The minimum Gasteiger partial charge on any atom is -0.368 e. The fraction of sp³-hybridized carbons (Fsp3) is 0.300. The van der Waals surface area contributed by atoms with Crippen LogP contribution in [0, 0.1) is 0 Å². The monoisotopic (exact) mass is 309 g/mol. The second-order valence-corrected chi connectivity index (χ2v) is 5.90. The highest BCUT2D eigenvalue weighted by molar-refractivity contribution is 7.98. The zero-order chi connectivity index (χ0) is 14.1. The van der Waals surface area contributed by atoms with Crippen molar-refractivity contribution in [2.75, 3.05) is 5.73 Å². The van der Waals surface area contributed by atoms with Crippen LogP contribution in [0.2, 0.25) is 0 Å². The van der Waals surface area contributed by atoms with Crippen LogP contribution in [0.25, 0.3) is 4.96 Å². The lowest BCUT2D eigenvalue weighted by molar-refractivity contribution is 0.852. The first-order chi connectivity index (χ1) is 9.65. The number of rotatable bonds is 4. The van der Waals surface area contributed by atoms with E-state index in [-0.39, 0.29) is 11.5 Å². The van der Waals surface area contributed by atoms with Crippen molar-refractivity contribution < 1.29 is 0 Å². The van der Waals surface area contributed by atoms with Crippen molar-refractivity contribution in [1.29, 1.82) is 0 Å². The zero-order valence-electron chi connectivity index (χ0n) is 10.5. The molecular weight excluding hydrogens is 298 g/mol. The van der Waals surface area contributed by atoms with Gasteiger partial charge in [-0.25, -0.2) is 10.1 Å². The lowest BCUT2D eigenvalue weighted by atomic mass is 10.4. The predicted octanol–water partition coefficient (Wildman–Crippen LogP) is 0.706. The first kappa shape index (κ1) is 13.1. The Morgan fingerprint density at radius 2 is 2.35 bits per heavy atom. The summed E-state index contributed by atoms with van der Waals surface area (Å²) >= 11 is 2.79. The summed E-state index contributed by atoms with van der Waals surface area (Å²) in [5.41, 5.74) is 5.95. The van der Waals surface area contributed by atoms with Gasteiger partial charge in [-0.05, 0) is 6.42 Å². The number of nitrogens with two attached hydrogens (primary N) is 1. The number of anilines is 1. The standard InChI is InChI=1S/C10H11N7OS2/c1-2-6-16-17-7(18)3-5(12-10(17)20-6)4-19-9-13-8(11)14-15-9/h3H,2,4H2,1H3,(H3,11,13,14,15). The molecule has 0 aliphatic rings. The maximum atomic E-state index is 11.9. The maximum absolute atomic E-state index is 11.9. The smallest absolute Gasteiger partial charge is 0.275 e. The number of nitrogen functional groups attached to an aromatic ring is 1. The molecule has 0 spiro atoms. The molecule has 0 saturated carbocycles. The van der Waals surface area contributed by atoms with Crippen molar-refractivity contribution in [3.05, 3.63) is 27.1 Å². The molecule has 0 amide bonds. The number of hydrogen-bond acceptors (Lipinski definition) is 8. The first-order valence-corrected chi connectivity index (χ1v) is 7.65. The van der Waals surface area contributed by atoms with Crippen molar-refractivity contribution in [3.63, 3.8) is 0 Å². The third kappa shape index (κ3) is 2.51. The number of nitrogens with one attached hydrogen (secondary N) is 1. The Morgan fingerprint density at radius 1 is 1.50 bits per heavy atom. The summed E-state index contributed by atoms with van der Waals surface area (Å²) in [4.78, 5) is 21.0. The third-order valence-corrected chi connectivity index (χ3v) is 4.41. The van der Waals surface area contributed by atoms with Gasteiger partial charge in [0.2, 0.25) is 16.1 Å². The summed E-state index contributed by atoms with van der Waals surface area (Å²) in [7, 11) is 0. The molecule has 0 unspecified atom stereocenters.